The first-order valence-electron chi connectivity index (χ1n) is 3.81. The highest BCUT2D eigenvalue weighted by Gasteiger charge is 2.13. The molecule has 1 rings (SSSR count). The highest BCUT2D eigenvalue weighted by atomic mass is 35.5. The van der Waals surface area contributed by atoms with Crippen LogP contribution in [0.2, 0.25) is 0 Å². The van der Waals surface area contributed by atoms with Crippen LogP contribution in [0.15, 0.2) is 24.3 Å². The third kappa shape index (κ3) is 3.64. The number of halogens is 1. The van der Waals surface area contributed by atoms with Gasteiger partial charge in [0.15, 0.2) is 0 Å². The highest BCUT2D eigenvalue weighted by Crippen LogP contribution is 2.10. The van der Waals surface area contributed by atoms with E-state index >= 15 is 0 Å². The lowest BCUT2D eigenvalue weighted by atomic mass is 10.1. The zero-order chi connectivity index (χ0) is 9.84. The third-order valence-electron chi connectivity index (χ3n) is 1.66. The minimum absolute atomic E-state index is 0. The zero-order valence-electron chi connectivity index (χ0n) is 7.40. The van der Waals surface area contributed by atoms with Crippen LogP contribution in [0.5, 0.6) is 0 Å². The summed E-state index contributed by atoms with van der Waals surface area (Å²) in [5.41, 5.74) is 7.00. The van der Waals surface area contributed by atoms with Crippen molar-refractivity contribution in [3.63, 3.8) is 0 Å². The molecule has 0 heterocycles. The Hall–Kier alpha value is -1.26. The minimum Gasteiger partial charge on any atom is -0.480 e. The predicted molar refractivity (Wildman–Crippen MR) is 55.4 cm³/mol. The Morgan fingerprint density at radius 3 is 2.36 bits per heavy atom. The topological polar surface area (TPSA) is 94.8 Å². The Balaban J connectivity index is 0.00000169. The normalized spacial score (nSPS) is 11.5. The van der Waals surface area contributed by atoms with Gasteiger partial charge in [-0.1, -0.05) is 12.1 Å². The van der Waals surface area contributed by atoms with Crippen LogP contribution in [-0.2, 0) is 11.2 Å². The van der Waals surface area contributed by atoms with E-state index in [1.54, 1.807) is 24.3 Å². The number of hydrogen-bond donors (Lipinski definition) is 2. The molecule has 14 heavy (non-hydrogen) atoms. The number of benzene rings is 1. The number of rotatable bonds is 3. The minimum atomic E-state index is -1.00. The molecule has 0 bridgehead atoms. The average Bonchev–Trinajstić information content (AvgIpc) is 2.08. The lowest BCUT2D eigenvalue weighted by Gasteiger charge is -2.03. The smallest absolute Gasteiger partial charge is 0.321 e. The number of alkyl halides is 1. The van der Waals surface area contributed by atoms with Gasteiger partial charge in [0.1, 0.15) is 5.38 Å². The van der Waals surface area contributed by atoms with E-state index in [2.05, 4.69) is 0 Å². The molecule has 0 saturated heterocycles. The van der Waals surface area contributed by atoms with Crippen LogP contribution in [0, 0.1) is 0 Å². The van der Waals surface area contributed by atoms with E-state index < -0.39 is 11.3 Å². The monoisotopic (exact) mass is 217 g/mol. The van der Waals surface area contributed by atoms with Crippen molar-refractivity contribution in [3.05, 3.63) is 29.8 Å². The van der Waals surface area contributed by atoms with Gasteiger partial charge in [0.05, 0.1) is 0 Å². The van der Waals surface area contributed by atoms with E-state index in [0.29, 0.717) is 12.1 Å². The molecule has 0 aliphatic rings. The van der Waals surface area contributed by atoms with Crippen LogP contribution in [0.3, 0.4) is 0 Å². The molecule has 1 unspecified atom stereocenters. The molecule has 0 radical (unpaired) electrons. The molecule has 0 aliphatic carbocycles. The SMILES string of the molecule is Nc1ccc(CC(Cl)C(=O)O)cc1.O. The van der Waals surface area contributed by atoms with E-state index in [9.17, 15) is 4.79 Å². The van der Waals surface area contributed by atoms with Gasteiger partial charge in [0, 0.05) is 5.69 Å². The quantitative estimate of drug-likeness (QED) is 0.576. The van der Waals surface area contributed by atoms with E-state index in [1.165, 1.54) is 0 Å². The molecule has 4 nitrogen and oxygen atoms in total. The molecule has 0 fully saturated rings. The van der Waals surface area contributed by atoms with Gasteiger partial charge >= 0.3 is 5.97 Å². The van der Waals surface area contributed by atoms with Crippen molar-refractivity contribution in [2.45, 2.75) is 11.8 Å². The molecule has 0 aromatic heterocycles. The van der Waals surface area contributed by atoms with Crippen molar-refractivity contribution in [1.82, 2.24) is 0 Å². The second kappa shape index (κ2) is 5.47. The standard InChI is InChI=1S/C9H10ClNO2.H2O/c10-8(9(12)13)5-6-1-3-7(11)4-2-6;/h1-4,8H,5,11H2,(H,12,13);1H2. The lowest BCUT2D eigenvalue weighted by molar-refractivity contribution is -0.136. The Morgan fingerprint density at radius 1 is 1.43 bits per heavy atom. The molecule has 5 N–H and O–H groups in total. The third-order valence-corrected chi connectivity index (χ3v) is 2.00. The first-order chi connectivity index (χ1) is 6.09. The lowest BCUT2D eigenvalue weighted by Crippen LogP contribution is -2.15. The Labute approximate surface area is 86.6 Å². The van der Waals surface area contributed by atoms with Gasteiger partial charge in [-0.15, -0.1) is 11.6 Å². The summed E-state index contributed by atoms with van der Waals surface area (Å²) in [5, 5.41) is 7.67. The highest BCUT2D eigenvalue weighted by molar-refractivity contribution is 6.29. The van der Waals surface area contributed by atoms with Crippen LogP contribution < -0.4 is 5.73 Å². The molecule has 1 atom stereocenters. The molecule has 1 aromatic rings. The average molecular weight is 218 g/mol. The number of carboxylic acids is 1. The first kappa shape index (κ1) is 12.7. The van der Waals surface area contributed by atoms with E-state index in [4.69, 9.17) is 22.4 Å². The van der Waals surface area contributed by atoms with Crippen LogP contribution in [-0.4, -0.2) is 21.9 Å². The first-order valence-corrected chi connectivity index (χ1v) is 4.24. The van der Waals surface area contributed by atoms with Crippen molar-refractivity contribution in [2.75, 3.05) is 5.73 Å². The molecule has 0 amide bonds. The summed E-state index contributed by atoms with van der Waals surface area (Å²) in [5.74, 6) is -1.00. The van der Waals surface area contributed by atoms with Crippen molar-refractivity contribution in [2.24, 2.45) is 0 Å². The molecule has 0 spiro atoms. The van der Waals surface area contributed by atoms with E-state index in [1.807, 2.05) is 0 Å². The Morgan fingerprint density at radius 2 is 1.93 bits per heavy atom. The predicted octanol–water partition coefficient (Wildman–Crippen LogP) is 0.679. The summed E-state index contributed by atoms with van der Waals surface area (Å²) in [7, 11) is 0. The molecular formula is C9H12ClNO3. The molecule has 0 aliphatic heterocycles. The molecule has 1 aromatic carbocycles. The molecule has 5 heteroatoms. The second-order valence-electron chi connectivity index (χ2n) is 2.75. The van der Waals surface area contributed by atoms with Gasteiger partial charge in [-0.25, -0.2) is 0 Å². The number of hydrogen-bond acceptors (Lipinski definition) is 2. The van der Waals surface area contributed by atoms with Gasteiger partial charge in [0.25, 0.3) is 0 Å². The Bertz CT molecular complexity index is 299. The summed E-state index contributed by atoms with van der Waals surface area (Å²) < 4.78 is 0. The van der Waals surface area contributed by atoms with Gasteiger partial charge in [-0.2, -0.15) is 0 Å². The van der Waals surface area contributed by atoms with Crippen LogP contribution in [0.1, 0.15) is 5.56 Å². The van der Waals surface area contributed by atoms with Crippen LogP contribution >= 0.6 is 11.6 Å². The second-order valence-corrected chi connectivity index (χ2v) is 3.28. The maximum atomic E-state index is 10.4. The van der Waals surface area contributed by atoms with Gasteiger partial charge in [0.2, 0.25) is 0 Å². The summed E-state index contributed by atoms with van der Waals surface area (Å²) in [6.07, 6.45) is 0.317. The number of carboxylic acid groups (broad SMARTS) is 1. The summed E-state index contributed by atoms with van der Waals surface area (Å²) in [6.45, 7) is 0. The molecular weight excluding hydrogens is 206 g/mol. The van der Waals surface area contributed by atoms with Crippen molar-refractivity contribution < 1.29 is 15.4 Å². The van der Waals surface area contributed by atoms with Crippen LogP contribution in [0.25, 0.3) is 0 Å². The van der Waals surface area contributed by atoms with Gasteiger partial charge in [-0.3, -0.25) is 4.79 Å². The maximum Gasteiger partial charge on any atom is 0.321 e. The number of anilines is 1. The van der Waals surface area contributed by atoms with Gasteiger partial charge < -0.3 is 16.3 Å². The van der Waals surface area contributed by atoms with E-state index in [0.717, 1.165) is 5.56 Å². The number of aliphatic carboxylic acids is 1. The van der Waals surface area contributed by atoms with Crippen molar-refractivity contribution in [3.8, 4) is 0 Å². The maximum absolute atomic E-state index is 10.4. The number of carbonyl (C=O) groups is 1. The molecule has 78 valence electrons. The fourth-order valence-electron chi connectivity index (χ4n) is 0.948. The zero-order valence-corrected chi connectivity index (χ0v) is 8.16. The molecule has 0 saturated carbocycles. The van der Waals surface area contributed by atoms with E-state index in [-0.39, 0.29) is 5.48 Å². The summed E-state index contributed by atoms with van der Waals surface area (Å²) in [4.78, 5) is 10.4. The number of nitrogens with two attached hydrogens (primary N) is 1. The summed E-state index contributed by atoms with van der Waals surface area (Å²) in [6, 6.07) is 6.99. The fourth-order valence-corrected chi connectivity index (χ4v) is 1.13. The Kier molecular flexibility index (Phi) is 4.97. The van der Waals surface area contributed by atoms with Crippen molar-refractivity contribution >= 4 is 23.3 Å². The van der Waals surface area contributed by atoms with Crippen LogP contribution in [0.4, 0.5) is 5.69 Å². The number of nitrogen functional groups attached to an aromatic ring is 1. The largest absolute Gasteiger partial charge is 0.480 e. The van der Waals surface area contributed by atoms with Gasteiger partial charge in [-0.05, 0) is 24.1 Å². The van der Waals surface area contributed by atoms with Crippen molar-refractivity contribution in [1.29, 1.82) is 0 Å². The summed E-state index contributed by atoms with van der Waals surface area (Å²) >= 11 is 5.56. The fraction of sp³-hybridized carbons (Fsp3) is 0.222.